The Bertz CT molecular complexity index is 1470. The smallest absolute Gasteiger partial charge is 0.318 e. The average molecular weight is 556 g/mol. The molecule has 1 aliphatic carbocycles. The van der Waals surface area contributed by atoms with Crippen LogP contribution >= 0.6 is 0 Å². The first-order valence-corrected chi connectivity index (χ1v) is 15.1. The number of carbonyl (C=O) groups is 1. The van der Waals surface area contributed by atoms with Crippen LogP contribution in [0, 0.1) is 5.92 Å². The van der Waals surface area contributed by atoms with Crippen molar-refractivity contribution in [3.8, 4) is 11.8 Å². The van der Waals surface area contributed by atoms with Crippen LogP contribution in [-0.2, 0) is 17.8 Å². The van der Waals surface area contributed by atoms with Gasteiger partial charge in [0.1, 0.15) is 11.6 Å². The Morgan fingerprint density at radius 1 is 1.07 bits per heavy atom. The lowest BCUT2D eigenvalue weighted by molar-refractivity contribution is -0.900. The van der Waals surface area contributed by atoms with E-state index in [2.05, 4.69) is 22.4 Å². The summed E-state index contributed by atoms with van der Waals surface area (Å²) in [4.78, 5) is 30.3. The third kappa shape index (κ3) is 5.30. The number of aromatic hydroxyl groups is 1. The molecule has 1 aromatic heterocycles. The van der Waals surface area contributed by atoms with Gasteiger partial charge in [0.15, 0.2) is 0 Å². The highest BCUT2D eigenvalue weighted by Crippen LogP contribution is 2.36. The molecule has 1 saturated carbocycles. The molecule has 4 aliphatic rings. The van der Waals surface area contributed by atoms with Gasteiger partial charge < -0.3 is 29.4 Å². The number of anilines is 2. The van der Waals surface area contributed by atoms with Gasteiger partial charge in [-0.3, -0.25) is 4.79 Å². The van der Waals surface area contributed by atoms with Crippen molar-refractivity contribution in [2.24, 2.45) is 5.92 Å². The van der Waals surface area contributed by atoms with Gasteiger partial charge in [-0.05, 0) is 23.9 Å². The van der Waals surface area contributed by atoms with E-state index in [1.54, 1.807) is 4.90 Å². The topological polar surface area (TPSA) is 86.5 Å². The largest absolute Gasteiger partial charge is 0.508 e. The molecular weight excluding hydrogens is 516 g/mol. The molecule has 2 unspecified atom stereocenters. The summed E-state index contributed by atoms with van der Waals surface area (Å²) in [6.45, 7) is 10.9. The van der Waals surface area contributed by atoms with Crippen molar-refractivity contribution in [3.05, 3.63) is 60.3 Å². The Morgan fingerprint density at radius 3 is 2.71 bits per heavy atom. The standard InChI is InChI=1S/C32H38N6O3/c1-2-30(40)35-13-15-36(16-14-35)31-27-10-12-38(29-18-25(39)17-23-5-3-4-6-26(23)29)20-28(27)33-32(34-31)41-21-22-9-11-37(19-22)24-7-8-24/h2-6,17-18,22,24,39H,1,7-16,19-21H2/p+1. The lowest BCUT2D eigenvalue weighted by Gasteiger charge is -2.38. The number of aromatic nitrogens is 2. The number of benzene rings is 2. The van der Waals surface area contributed by atoms with E-state index in [1.165, 1.54) is 38.4 Å². The lowest BCUT2D eigenvalue weighted by atomic mass is 10.0. The van der Waals surface area contributed by atoms with Gasteiger partial charge in [0.05, 0.1) is 38.0 Å². The van der Waals surface area contributed by atoms with Gasteiger partial charge in [-0.15, -0.1) is 0 Å². The van der Waals surface area contributed by atoms with E-state index in [0.29, 0.717) is 51.3 Å². The van der Waals surface area contributed by atoms with Crippen LogP contribution < -0.4 is 19.4 Å². The molecule has 9 heteroatoms. The fourth-order valence-corrected chi connectivity index (χ4v) is 6.89. The Hall–Kier alpha value is -3.85. The van der Waals surface area contributed by atoms with Crippen LogP contribution in [0.25, 0.3) is 10.8 Å². The Kier molecular flexibility index (Phi) is 6.90. The minimum Gasteiger partial charge on any atom is -0.508 e. The third-order valence-corrected chi connectivity index (χ3v) is 9.28. The van der Waals surface area contributed by atoms with Gasteiger partial charge in [-0.1, -0.05) is 30.8 Å². The van der Waals surface area contributed by atoms with Crippen molar-refractivity contribution in [1.29, 1.82) is 0 Å². The molecular formula is C32H39N6O3+. The number of hydrogen-bond donors (Lipinski definition) is 2. The molecule has 9 nitrogen and oxygen atoms in total. The summed E-state index contributed by atoms with van der Waals surface area (Å²) in [7, 11) is 0. The molecule has 1 amide bonds. The quantitative estimate of drug-likeness (QED) is 0.433. The Morgan fingerprint density at radius 2 is 1.90 bits per heavy atom. The fraction of sp³-hybridized carbons (Fsp3) is 0.469. The number of likely N-dealkylation sites (tertiary alicyclic amines) is 1. The van der Waals surface area contributed by atoms with Crippen molar-refractivity contribution in [2.75, 3.05) is 62.2 Å². The number of nitrogens with zero attached hydrogens (tertiary/aromatic N) is 5. The van der Waals surface area contributed by atoms with Crippen LogP contribution in [0.5, 0.6) is 11.8 Å². The maximum absolute atomic E-state index is 12.2. The molecule has 2 N–H and O–H groups in total. The summed E-state index contributed by atoms with van der Waals surface area (Å²) in [5.41, 5.74) is 3.15. The van der Waals surface area contributed by atoms with Crippen LogP contribution in [0.2, 0.25) is 0 Å². The number of phenolic OH excluding ortho intramolecular Hbond substituents is 1. The molecule has 0 spiro atoms. The first-order valence-electron chi connectivity index (χ1n) is 15.1. The third-order valence-electron chi connectivity index (χ3n) is 9.28. The van der Waals surface area contributed by atoms with Gasteiger partial charge in [0.2, 0.25) is 5.91 Å². The number of fused-ring (bicyclic) bond motifs is 2. The summed E-state index contributed by atoms with van der Waals surface area (Å²) in [5.74, 6) is 1.72. The fourth-order valence-electron chi connectivity index (χ4n) is 6.89. The molecule has 3 aromatic rings. The number of nitrogens with one attached hydrogen (secondary N) is 1. The van der Waals surface area contributed by atoms with E-state index in [0.717, 1.165) is 52.5 Å². The second-order valence-electron chi connectivity index (χ2n) is 12.0. The van der Waals surface area contributed by atoms with Crippen LogP contribution in [0.3, 0.4) is 0 Å². The highest BCUT2D eigenvalue weighted by atomic mass is 16.5. The number of carbonyl (C=O) groups excluding carboxylic acids is 1. The monoisotopic (exact) mass is 555 g/mol. The SMILES string of the molecule is C=CC(=O)N1CCN(c2nc(OCC3CC[NH+](C4CC4)C3)nc3c2CCN(c2cc(O)cc4ccccc24)C3)CC1. The van der Waals surface area contributed by atoms with E-state index in [1.807, 2.05) is 35.2 Å². The zero-order valence-corrected chi connectivity index (χ0v) is 23.6. The molecule has 3 aliphatic heterocycles. The van der Waals surface area contributed by atoms with Gasteiger partial charge in [-0.25, -0.2) is 0 Å². The molecule has 2 atom stereocenters. The number of phenols is 1. The normalized spacial score (nSPS) is 22.6. The van der Waals surface area contributed by atoms with Gasteiger partial charge in [-0.2, -0.15) is 9.97 Å². The average Bonchev–Trinajstić information content (AvgIpc) is 3.75. The van der Waals surface area contributed by atoms with Crippen molar-refractivity contribution in [2.45, 2.75) is 38.3 Å². The van der Waals surface area contributed by atoms with Crippen molar-refractivity contribution in [1.82, 2.24) is 14.9 Å². The van der Waals surface area contributed by atoms with Crippen molar-refractivity contribution >= 4 is 28.2 Å². The molecule has 0 bridgehead atoms. The Balaban J connectivity index is 1.16. The first-order chi connectivity index (χ1) is 20.1. The predicted molar refractivity (Wildman–Crippen MR) is 159 cm³/mol. The van der Waals surface area contributed by atoms with Crippen LogP contribution in [0.4, 0.5) is 11.5 Å². The summed E-state index contributed by atoms with van der Waals surface area (Å²) >= 11 is 0. The first kappa shape index (κ1) is 26.1. The van der Waals surface area contributed by atoms with Gasteiger partial charge in [0, 0.05) is 80.6 Å². The summed E-state index contributed by atoms with van der Waals surface area (Å²) in [6, 6.07) is 13.2. The lowest BCUT2D eigenvalue weighted by Crippen LogP contribution is -3.11. The number of hydrogen-bond acceptors (Lipinski definition) is 7. The molecule has 41 heavy (non-hydrogen) atoms. The molecule has 2 aromatic carbocycles. The molecule has 3 fully saturated rings. The molecule has 4 heterocycles. The number of piperazine rings is 1. The van der Waals surface area contributed by atoms with E-state index in [-0.39, 0.29) is 11.7 Å². The summed E-state index contributed by atoms with van der Waals surface area (Å²) < 4.78 is 6.34. The predicted octanol–water partition coefficient (Wildman–Crippen LogP) is 2.18. The maximum Gasteiger partial charge on any atom is 0.318 e. The number of ether oxygens (including phenoxy) is 1. The number of rotatable bonds is 7. The van der Waals surface area contributed by atoms with Crippen LogP contribution in [0.15, 0.2) is 49.1 Å². The van der Waals surface area contributed by atoms with E-state index >= 15 is 0 Å². The van der Waals surface area contributed by atoms with Gasteiger partial charge in [0.25, 0.3) is 0 Å². The zero-order chi connectivity index (χ0) is 27.9. The second-order valence-corrected chi connectivity index (χ2v) is 12.0. The second kappa shape index (κ2) is 10.9. The van der Waals surface area contributed by atoms with Crippen molar-refractivity contribution in [3.63, 3.8) is 0 Å². The molecule has 214 valence electrons. The Labute approximate surface area is 241 Å². The minimum absolute atomic E-state index is 0.0219. The molecule has 2 saturated heterocycles. The summed E-state index contributed by atoms with van der Waals surface area (Å²) in [5, 5.41) is 12.6. The van der Waals surface area contributed by atoms with Gasteiger partial charge >= 0.3 is 6.01 Å². The van der Waals surface area contributed by atoms with E-state index in [9.17, 15) is 9.90 Å². The maximum atomic E-state index is 12.2. The zero-order valence-electron chi connectivity index (χ0n) is 23.6. The van der Waals surface area contributed by atoms with Crippen molar-refractivity contribution < 1.29 is 19.5 Å². The number of amides is 1. The van der Waals surface area contributed by atoms with Crippen LogP contribution in [0.1, 0.15) is 30.5 Å². The highest BCUT2D eigenvalue weighted by Gasteiger charge is 2.39. The van der Waals surface area contributed by atoms with E-state index in [4.69, 9.17) is 14.7 Å². The highest BCUT2D eigenvalue weighted by molar-refractivity contribution is 5.95. The molecule has 0 radical (unpaired) electrons. The van der Waals surface area contributed by atoms with Crippen LogP contribution in [-0.4, -0.2) is 84.3 Å². The minimum atomic E-state index is -0.0219. The summed E-state index contributed by atoms with van der Waals surface area (Å²) in [6.07, 6.45) is 6.13. The van der Waals surface area contributed by atoms with E-state index < -0.39 is 0 Å². The molecule has 7 rings (SSSR count). The number of quaternary nitrogens is 1.